The molecule has 0 radical (unpaired) electrons. The number of methoxy groups -OCH3 is 1. The van der Waals surface area contributed by atoms with Crippen LogP contribution in [0.25, 0.3) is 0 Å². The van der Waals surface area contributed by atoms with Gasteiger partial charge in [-0.25, -0.2) is 4.79 Å². The number of aryl methyl sites for hydroxylation is 1. The minimum atomic E-state index is -0.369. The number of hydrogen-bond acceptors (Lipinski definition) is 3. The number of nitrogens with zero attached hydrogens (tertiary/aromatic N) is 1. The van der Waals surface area contributed by atoms with Gasteiger partial charge in [0, 0.05) is 12.2 Å². The van der Waals surface area contributed by atoms with E-state index in [9.17, 15) is 9.59 Å². The summed E-state index contributed by atoms with van der Waals surface area (Å²) in [5.41, 5.74) is 1.73. The van der Waals surface area contributed by atoms with Crippen LogP contribution in [-0.2, 0) is 4.79 Å². The Balaban J connectivity index is 2.31. The molecule has 1 aliphatic heterocycles. The highest BCUT2D eigenvalue weighted by Gasteiger charge is 2.30. The van der Waals surface area contributed by atoms with Crippen molar-refractivity contribution in [1.82, 2.24) is 5.32 Å². The number of hydrogen-bond donors (Lipinski definition) is 1. The van der Waals surface area contributed by atoms with Crippen molar-refractivity contribution in [3.8, 4) is 5.75 Å². The number of amides is 3. The number of benzene rings is 1. The van der Waals surface area contributed by atoms with E-state index in [-0.39, 0.29) is 17.9 Å². The molecule has 0 aromatic heterocycles. The highest BCUT2D eigenvalue weighted by molar-refractivity contribution is 6.06. The maximum atomic E-state index is 11.8. The summed E-state index contributed by atoms with van der Waals surface area (Å²) in [5, 5.41) is 2.35. The highest BCUT2D eigenvalue weighted by atomic mass is 16.5. The largest absolute Gasteiger partial charge is 0.497 e. The molecule has 1 aliphatic rings. The first-order valence-electron chi connectivity index (χ1n) is 5.80. The Morgan fingerprint density at radius 3 is 2.72 bits per heavy atom. The second-order valence-corrected chi connectivity index (χ2v) is 4.46. The number of anilines is 1. The Morgan fingerprint density at radius 2 is 2.11 bits per heavy atom. The Kier molecular flexibility index (Phi) is 3.23. The number of ether oxygens (including phenoxy) is 1. The van der Waals surface area contributed by atoms with Gasteiger partial charge in [0.25, 0.3) is 0 Å². The molecule has 1 aromatic rings. The predicted octanol–water partition coefficient (Wildman–Crippen LogP) is 1.70. The first-order valence-corrected chi connectivity index (χ1v) is 5.80. The lowest BCUT2D eigenvalue weighted by atomic mass is 10.1. The second-order valence-electron chi connectivity index (χ2n) is 4.46. The van der Waals surface area contributed by atoms with Gasteiger partial charge in [-0.2, -0.15) is 0 Å². The van der Waals surface area contributed by atoms with Crippen LogP contribution in [0, 0.1) is 12.8 Å². The summed E-state index contributed by atoms with van der Waals surface area (Å²) >= 11 is 0. The quantitative estimate of drug-likeness (QED) is 0.866. The molecule has 5 nitrogen and oxygen atoms in total. The molecule has 1 fully saturated rings. The predicted molar refractivity (Wildman–Crippen MR) is 67.8 cm³/mol. The third-order valence-electron chi connectivity index (χ3n) is 3.07. The van der Waals surface area contributed by atoms with E-state index in [0.29, 0.717) is 6.54 Å². The van der Waals surface area contributed by atoms with Gasteiger partial charge in [-0.15, -0.1) is 0 Å². The van der Waals surface area contributed by atoms with E-state index in [1.165, 1.54) is 0 Å². The minimum absolute atomic E-state index is 0.204. The molecule has 1 atom stereocenters. The molecule has 96 valence electrons. The van der Waals surface area contributed by atoms with Gasteiger partial charge < -0.3 is 4.74 Å². The lowest BCUT2D eigenvalue weighted by molar-refractivity contribution is -0.123. The summed E-state index contributed by atoms with van der Waals surface area (Å²) in [4.78, 5) is 24.8. The monoisotopic (exact) mass is 248 g/mol. The van der Waals surface area contributed by atoms with Gasteiger partial charge in [0.15, 0.2) is 0 Å². The van der Waals surface area contributed by atoms with Crippen molar-refractivity contribution < 1.29 is 14.3 Å². The molecule has 0 aliphatic carbocycles. The molecular formula is C13H16N2O3. The third-order valence-corrected chi connectivity index (χ3v) is 3.07. The number of rotatable bonds is 2. The number of imide groups is 1. The molecule has 0 bridgehead atoms. The maximum Gasteiger partial charge on any atom is 0.328 e. The van der Waals surface area contributed by atoms with Crippen LogP contribution in [0.2, 0.25) is 0 Å². The summed E-state index contributed by atoms with van der Waals surface area (Å²) in [6.45, 7) is 4.11. The summed E-state index contributed by atoms with van der Waals surface area (Å²) in [5.74, 6) is 0.324. The minimum Gasteiger partial charge on any atom is -0.497 e. The standard InChI is InChI=1S/C13H16N2O3/c1-8-6-10(18-3)4-5-11(8)15-7-9(2)12(16)14-13(15)17/h4-6,9H,7H2,1-3H3,(H,14,16,17). The second kappa shape index (κ2) is 4.68. The Hall–Kier alpha value is -2.04. The van der Waals surface area contributed by atoms with Crippen LogP contribution < -0.4 is 15.0 Å². The zero-order valence-electron chi connectivity index (χ0n) is 10.7. The first kappa shape index (κ1) is 12.4. The highest BCUT2D eigenvalue weighted by Crippen LogP contribution is 2.26. The number of carbonyl (C=O) groups is 2. The van der Waals surface area contributed by atoms with Gasteiger partial charge in [0.05, 0.1) is 13.0 Å². The third kappa shape index (κ3) is 2.16. The van der Waals surface area contributed by atoms with E-state index >= 15 is 0 Å². The van der Waals surface area contributed by atoms with E-state index in [1.807, 2.05) is 19.1 Å². The molecule has 5 heteroatoms. The van der Waals surface area contributed by atoms with Gasteiger partial charge >= 0.3 is 6.03 Å². The maximum absolute atomic E-state index is 11.8. The average Bonchev–Trinajstić information content (AvgIpc) is 2.34. The zero-order valence-corrected chi connectivity index (χ0v) is 10.7. The van der Waals surface area contributed by atoms with Crippen LogP contribution in [-0.4, -0.2) is 25.6 Å². The van der Waals surface area contributed by atoms with Gasteiger partial charge in [-0.05, 0) is 30.7 Å². The van der Waals surface area contributed by atoms with Crippen LogP contribution in [0.5, 0.6) is 5.75 Å². The summed E-state index contributed by atoms with van der Waals surface area (Å²) in [6, 6.07) is 5.13. The van der Waals surface area contributed by atoms with Crippen LogP contribution in [0.15, 0.2) is 18.2 Å². The lowest BCUT2D eigenvalue weighted by Gasteiger charge is -2.31. The molecule has 0 saturated carbocycles. The lowest BCUT2D eigenvalue weighted by Crippen LogP contribution is -2.54. The summed E-state index contributed by atoms with van der Waals surface area (Å²) in [7, 11) is 1.60. The Labute approximate surface area is 106 Å². The van der Waals surface area contributed by atoms with Crippen molar-refractivity contribution in [2.24, 2.45) is 5.92 Å². The molecule has 1 aromatic carbocycles. The molecule has 3 amide bonds. The molecule has 2 rings (SSSR count). The van der Waals surface area contributed by atoms with E-state index in [4.69, 9.17) is 4.74 Å². The smallest absolute Gasteiger partial charge is 0.328 e. The van der Waals surface area contributed by atoms with Gasteiger partial charge in [0.2, 0.25) is 5.91 Å². The van der Waals surface area contributed by atoms with Crippen molar-refractivity contribution >= 4 is 17.6 Å². The van der Waals surface area contributed by atoms with Gasteiger partial charge in [-0.3, -0.25) is 15.0 Å². The van der Waals surface area contributed by atoms with Crippen LogP contribution in [0.1, 0.15) is 12.5 Å². The molecule has 1 heterocycles. The molecule has 18 heavy (non-hydrogen) atoms. The van der Waals surface area contributed by atoms with Crippen molar-refractivity contribution in [2.75, 3.05) is 18.6 Å². The number of carbonyl (C=O) groups excluding carboxylic acids is 2. The molecule has 1 unspecified atom stereocenters. The van der Waals surface area contributed by atoms with E-state index in [0.717, 1.165) is 17.0 Å². The fourth-order valence-electron chi connectivity index (χ4n) is 2.00. The van der Waals surface area contributed by atoms with Crippen molar-refractivity contribution in [3.63, 3.8) is 0 Å². The molecule has 0 spiro atoms. The van der Waals surface area contributed by atoms with Gasteiger partial charge in [0.1, 0.15) is 5.75 Å². The van der Waals surface area contributed by atoms with Crippen LogP contribution in [0.3, 0.4) is 0 Å². The molecule has 1 N–H and O–H groups in total. The van der Waals surface area contributed by atoms with E-state index < -0.39 is 0 Å². The fraction of sp³-hybridized carbons (Fsp3) is 0.385. The summed E-state index contributed by atoms with van der Waals surface area (Å²) < 4.78 is 5.13. The van der Waals surface area contributed by atoms with E-state index in [1.54, 1.807) is 25.0 Å². The van der Waals surface area contributed by atoms with Crippen molar-refractivity contribution in [2.45, 2.75) is 13.8 Å². The fourth-order valence-corrected chi connectivity index (χ4v) is 2.00. The average molecular weight is 248 g/mol. The normalized spacial score (nSPS) is 19.7. The SMILES string of the molecule is COc1ccc(N2CC(C)C(=O)NC2=O)c(C)c1. The molecular weight excluding hydrogens is 232 g/mol. The molecule has 1 saturated heterocycles. The zero-order chi connectivity index (χ0) is 13.3. The number of nitrogens with one attached hydrogen (secondary N) is 1. The van der Waals surface area contributed by atoms with Gasteiger partial charge in [-0.1, -0.05) is 6.92 Å². The number of urea groups is 1. The first-order chi connectivity index (χ1) is 8.52. The van der Waals surface area contributed by atoms with Crippen LogP contribution >= 0.6 is 0 Å². The Morgan fingerprint density at radius 1 is 1.39 bits per heavy atom. The van der Waals surface area contributed by atoms with Crippen LogP contribution in [0.4, 0.5) is 10.5 Å². The van der Waals surface area contributed by atoms with Crippen molar-refractivity contribution in [3.05, 3.63) is 23.8 Å². The van der Waals surface area contributed by atoms with Crippen molar-refractivity contribution in [1.29, 1.82) is 0 Å². The van der Waals surface area contributed by atoms with E-state index in [2.05, 4.69) is 5.32 Å². The Bertz CT molecular complexity index is 499. The topological polar surface area (TPSA) is 58.6 Å². The summed E-state index contributed by atoms with van der Waals surface area (Å²) in [6.07, 6.45) is 0.